The van der Waals surface area contributed by atoms with Crippen molar-refractivity contribution >= 4 is 69.1 Å². The van der Waals surface area contributed by atoms with Gasteiger partial charge in [-0.25, -0.2) is 0 Å². The molecule has 1 heterocycles. The molecule has 1 fully saturated rings. The molecule has 1 amide bonds. The number of carbonyl (C=O) groups excluding carboxylic acids is 1. The Kier molecular flexibility index (Phi) is 5.92. The number of thioether (sulfide) groups is 1. The molecule has 1 aliphatic heterocycles. The van der Waals surface area contributed by atoms with Crippen LogP contribution in [0.4, 0.5) is 0 Å². The second-order valence-corrected chi connectivity index (χ2v) is 3.61. The van der Waals surface area contributed by atoms with Crippen molar-refractivity contribution in [1.29, 1.82) is 0 Å². The molecule has 0 aliphatic carbocycles. The first-order valence-corrected chi connectivity index (χ1v) is 4.15. The fourth-order valence-electron chi connectivity index (χ4n) is 1.01. The van der Waals surface area contributed by atoms with E-state index in [-0.39, 0.29) is 57.3 Å². The Hall–Kier alpha value is 1.46. The normalized spacial score (nSPS) is 24.2. The zero-order chi connectivity index (χ0) is 6.85. The van der Waals surface area contributed by atoms with Gasteiger partial charge in [0.05, 0.1) is 5.37 Å². The van der Waals surface area contributed by atoms with Gasteiger partial charge in [-0.1, -0.05) is 0 Å². The Balaban J connectivity index is 0.000000810. The van der Waals surface area contributed by atoms with Gasteiger partial charge in [-0.15, -0.1) is 11.8 Å². The van der Waals surface area contributed by atoms with Crippen LogP contribution in [0.5, 0.6) is 0 Å². The molecule has 4 heteroatoms. The van der Waals surface area contributed by atoms with Gasteiger partial charge in [-0.3, -0.25) is 4.79 Å². The fourth-order valence-corrected chi connectivity index (χ4v) is 2.08. The van der Waals surface area contributed by atoms with Crippen LogP contribution in [0, 0.1) is 0 Å². The van der Waals surface area contributed by atoms with Crippen LogP contribution >= 0.6 is 11.8 Å². The zero-order valence-electron chi connectivity index (χ0n) is 5.76. The summed E-state index contributed by atoms with van der Waals surface area (Å²) in [4.78, 5) is 12.7. The summed E-state index contributed by atoms with van der Waals surface area (Å²) in [7, 11) is 0. The Morgan fingerprint density at radius 1 is 1.70 bits per heavy atom. The molecule has 0 N–H and O–H groups in total. The second kappa shape index (κ2) is 5.16. The minimum atomic E-state index is 0. The molecule has 0 saturated carbocycles. The molecule has 0 bridgehead atoms. The summed E-state index contributed by atoms with van der Waals surface area (Å²) in [6, 6.07) is 0. The Morgan fingerprint density at radius 3 is 2.50 bits per heavy atom. The topological polar surface area (TPSA) is 20.3 Å². The van der Waals surface area contributed by atoms with E-state index in [4.69, 9.17) is 0 Å². The van der Waals surface area contributed by atoms with Crippen LogP contribution in [0.15, 0.2) is 0 Å². The molecular formula is C6H12KNOS. The van der Waals surface area contributed by atoms with Crippen LogP contribution in [0.2, 0.25) is 0 Å². The maximum absolute atomic E-state index is 10.8. The van der Waals surface area contributed by atoms with Crippen LogP contribution < -0.4 is 0 Å². The average Bonchev–Trinajstić information content (AvgIpc) is 2.13. The molecule has 0 aromatic heterocycles. The van der Waals surface area contributed by atoms with E-state index >= 15 is 0 Å². The third kappa shape index (κ3) is 2.83. The standard InChI is InChI=1S/C6H11NOS.K.H/c1-5(8)7-3-4-9-6(7)2;;/h6H,3-4H2,1-2H3;;. The molecule has 0 aromatic rings. The van der Waals surface area contributed by atoms with Gasteiger partial charge >= 0.3 is 51.4 Å². The van der Waals surface area contributed by atoms with E-state index in [1.54, 1.807) is 6.92 Å². The van der Waals surface area contributed by atoms with Crippen LogP contribution in [0.25, 0.3) is 0 Å². The van der Waals surface area contributed by atoms with Crippen LogP contribution in [-0.2, 0) is 4.79 Å². The summed E-state index contributed by atoms with van der Waals surface area (Å²) in [5, 5.41) is 0.405. The molecule has 1 rings (SSSR count). The second-order valence-electron chi connectivity index (χ2n) is 2.18. The van der Waals surface area contributed by atoms with Crippen LogP contribution in [-0.4, -0.2) is 79.9 Å². The van der Waals surface area contributed by atoms with E-state index in [2.05, 4.69) is 6.92 Å². The van der Waals surface area contributed by atoms with E-state index in [1.165, 1.54) is 0 Å². The summed E-state index contributed by atoms with van der Waals surface area (Å²) in [6.07, 6.45) is 0. The Labute approximate surface area is 109 Å². The van der Waals surface area contributed by atoms with Crippen molar-refractivity contribution in [1.82, 2.24) is 4.90 Å². The first-order valence-electron chi connectivity index (χ1n) is 3.10. The van der Waals surface area contributed by atoms with Crippen molar-refractivity contribution in [3.05, 3.63) is 0 Å². The monoisotopic (exact) mass is 185 g/mol. The summed E-state index contributed by atoms with van der Waals surface area (Å²) in [5.74, 6) is 1.30. The Bertz CT molecular complexity index is 131. The summed E-state index contributed by atoms with van der Waals surface area (Å²) in [6.45, 7) is 4.63. The molecule has 1 atom stereocenters. The molecule has 0 aromatic carbocycles. The number of nitrogens with zero attached hydrogens (tertiary/aromatic N) is 1. The van der Waals surface area contributed by atoms with E-state index < -0.39 is 0 Å². The van der Waals surface area contributed by atoms with Crippen LogP contribution in [0.3, 0.4) is 0 Å². The van der Waals surface area contributed by atoms with E-state index in [9.17, 15) is 4.79 Å². The van der Waals surface area contributed by atoms with Crippen LogP contribution in [0.1, 0.15) is 13.8 Å². The van der Waals surface area contributed by atoms with Crippen molar-refractivity contribution in [2.45, 2.75) is 19.2 Å². The van der Waals surface area contributed by atoms with Gasteiger partial charge in [-0.2, -0.15) is 0 Å². The molecule has 0 spiro atoms. The minimum absolute atomic E-state index is 0. The van der Waals surface area contributed by atoms with Gasteiger partial charge in [0.25, 0.3) is 0 Å². The molecular weight excluding hydrogens is 173 g/mol. The third-order valence-electron chi connectivity index (χ3n) is 1.53. The molecule has 1 unspecified atom stereocenters. The zero-order valence-corrected chi connectivity index (χ0v) is 6.57. The van der Waals surface area contributed by atoms with Gasteiger partial charge in [0.2, 0.25) is 5.91 Å². The Morgan fingerprint density at radius 2 is 2.30 bits per heavy atom. The summed E-state index contributed by atoms with van der Waals surface area (Å²) < 4.78 is 0. The molecule has 1 saturated heterocycles. The average molecular weight is 185 g/mol. The summed E-state index contributed by atoms with van der Waals surface area (Å²) in [5.41, 5.74) is 0. The molecule has 1 aliphatic rings. The number of hydrogen-bond donors (Lipinski definition) is 0. The van der Waals surface area contributed by atoms with Crippen molar-refractivity contribution in [3.8, 4) is 0 Å². The van der Waals surface area contributed by atoms with Gasteiger partial charge in [0.15, 0.2) is 0 Å². The van der Waals surface area contributed by atoms with E-state index in [0.29, 0.717) is 5.37 Å². The van der Waals surface area contributed by atoms with Gasteiger partial charge in [-0.05, 0) is 6.92 Å². The van der Waals surface area contributed by atoms with Gasteiger partial charge < -0.3 is 4.90 Å². The van der Waals surface area contributed by atoms with Crippen molar-refractivity contribution in [2.75, 3.05) is 12.3 Å². The number of rotatable bonds is 0. The summed E-state index contributed by atoms with van der Waals surface area (Å²) >= 11 is 1.84. The predicted molar refractivity (Wildman–Crippen MR) is 46.5 cm³/mol. The van der Waals surface area contributed by atoms with Gasteiger partial charge in [0.1, 0.15) is 0 Å². The first-order chi connectivity index (χ1) is 4.22. The number of hydrogen-bond acceptors (Lipinski definition) is 2. The van der Waals surface area contributed by atoms with Gasteiger partial charge in [0, 0.05) is 19.2 Å². The molecule has 2 nitrogen and oxygen atoms in total. The van der Waals surface area contributed by atoms with Crippen molar-refractivity contribution in [2.24, 2.45) is 0 Å². The fraction of sp³-hybridized carbons (Fsp3) is 0.833. The maximum atomic E-state index is 10.8. The predicted octanol–water partition coefficient (Wildman–Crippen LogP) is 0.279. The number of amides is 1. The molecule has 0 radical (unpaired) electrons. The van der Waals surface area contributed by atoms with Crippen molar-refractivity contribution in [3.63, 3.8) is 0 Å². The third-order valence-corrected chi connectivity index (χ3v) is 2.69. The molecule has 54 valence electrons. The molecule has 10 heavy (non-hydrogen) atoms. The van der Waals surface area contributed by atoms with Crippen molar-refractivity contribution < 1.29 is 4.79 Å². The van der Waals surface area contributed by atoms with E-state index in [1.807, 2.05) is 16.7 Å². The first kappa shape index (κ1) is 11.5. The van der Waals surface area contributed by atoms with E-state index in [0.717, 1.165) is 12.3 Å². The number of carbonyl (C=O) groups is 1. The SMILES string of the molecule is CC(=O)N1CCSC1C.[KH]. The quantitative estimate of drug-likeness (QED) is 0.505.